The van der Waals surface area contributed by atoms with Crippen LogP contribution < -0.4 is 5.32 Å². The third kappa shape index (κ3) is 4.07. The summed E-state index contributed by atoms with van der Waals surface area (Å²) in [5.41, 5.74) is 1.19. The van der Waals surface area contributed by atoms with E-state index in [0.29, 0.717) is 21.5 Å². The molecule has 0 saturated heterocycles. The van der Waals surface area contributed by atoms with Gasteiger partial charge >= 0.3 is 5.97 Å². The van der Waals surface area contributed by atoms with Crippen molar-refractivity contribution in [1.82, 2.24) is 4.98 Å². The number of hydrogen-bond acceptors (Lipinski definition) is 4. The van der Waals surface area contributed by atoms with Gasteiger partial charge in [0.1, 0.15) is 0 Å². The van der Waals surface area contributed by atoms with E-state index in [1.54, 1.807) is 36.5 Å². The molecule has 0 bridgehead atoms. The molecule has 1 amide bonds. The van der Waals surface area contributed by atoms with Crippen LogP contribution in [0.2, 0.25) is 15.1 Å². The van der Waals surface area contributed by atoms with Gasteiger partial charge in [-0.3, -0.25) is 9.78 Å². The van der Waals surface area contributed by atoms with Crippen molar-refractivity contribution in [2.24, 2.45) is 0 Å². The number of anilines is 1. The normalized spacial score (nSPS) is 10.6. The van der Waals surface area contributed by atoms with E-state index in [4.69, 9.17) is 39.5 Å². The number of ether oxygens (including phenoxy) is 1. The maximum absolute atomic E-state index is 12.3. The summed E-state index contributed by atoms with van der Waals surface area (Å²) in [4.78, 5) is 28.5. The van der Waals surface area contributed by atoms with Gasteiger partial charge in [-0.05, 0) is 30.3 Å². The van der Waals surface area contributed by atoms with E-state index in [1.165, 1.54) is 12.1 Å². The molecular weight excluding hydrogens is 399 g/mol. The van der Waals surface area contributed by atoms with E-state index in [0.717, 1.165) is 0 Å². The molecule has 5 nitrogen and oxygen atoms in total. The second-order valence-corrected chi connectivity index (χ2v) is 6.50. The highest BCUT2D eigenvalue weighted by atomic mass is 35.5. The molecule has 26 heavy (non-hydrogen) atoms. The molecule has 0 fully saturated rings. The van der Waals surface area contributed by atoms with Crippen molar-refractivity contribution >= 4 is 63.3 Å². The molecule has 1 N–H and O–H groups in total. The van der Waals surface area contributed by atoms with Crippen LogP contribution >= 0.6 is 34.8 Å². The molecule has 0 aliphatic rings. The number of nitrogens with one attached hydrogen (secondary N) is 1. The Morgan fingerprint density at radius 3 is 2.50 bits per heavy atom. The zero-order valence-corrected chi connectivity index (χ0v) is 15.4. The van der Waals surface area contributed by atoms with Gasteiger partial charge in [-0.15, -0.1) is 0 Å². The number of carbonyl (C=O) groups is 2. The Kier molecular flexibility index (Phi) is 5.61. The lowest BCUT2D eigenvalue weighted by atomic mass is 10.1. The number of amides is 1. The van der Waals surface area contributed by atoms with Gasteiger partial charge in [0.15, 0.2) is 6.61 Å². The van der Waals surface area contributed by atoms with Crippen LogP contribution in [0.15, 0.2) is 48.7 Å². The summed E-state index contributed by atoms with van der Waals surface area (Å²) < 4.78 is 5.08. The Hall–Kier alpha value is -2.34. The molecular formula is C18H11Cl3N2O3. The highest BCUT2D eigenvalue weighted by Gasteiger charge is 2.15. The van der Waals surface area contributed by atoms with Crippen molar-refractivity contribution < 1.29 is 14.3 Å². The average molecular weight is 410 g/mol. The minimum atomic E-state index is -0.632. The molecule has 8 heteroatoms. The summed E-state index contributed by atoms with van der Waals surface area (Å²) in [5, 5.41) is 3.85. The Morgan fingerprint density at radius 2 is 1.77 bits per heavy atom. The van der Waals surface area contributed by atoms with Crippen molar-refractivity contribution in [2.45, 2.75) is 0 Å². The maximum Gasteiger partial charge on any atom is 0.339 e. The van der Waals surface area contributed by atoms with Crippen LogP contribution in [0, 0.1) is 0 Å². The molecule has 0 atom stereocenters. The molecule has 0 spiro atoms. The van der Waals surface area contributed by atoms with E-state index in [9.17, 15) is 9.59 Å². The molecule has 132 valence electrons. The predicted molar refractivity (Wildman–Crippen MR) is 102 cm³/mol. The Bertz CT molecular complexity index is 980. The van der Waals surface area contributed by atoms with Gasteiger partial charge in [-0.1, -0.05) is 46.9 Å². The summed E-state index contributed by atoms with van der Waals surface area (Å²) in [5.74, 6) is -1.21. The summed E-state index contributed by atoms with van der Waals surface area (Å²) in [7, 11) is 0. The average Bonchev–Trinajstić information content (AvgIpc) is 2.62. The zero-order valence-electron chi connectivity index (χ0n) is 13.1. The number of pyridine rings is 1. The number of hydrogen-bond donors (Lipinski definition) is 1. The smallest absolute Gasteiger partial charge is 0.339 e. The van der Waals surface area contributed by atoms with E-state index in [2.05, 4.69) is 10.3 Å². The number of carbonyl (C=O) groups excluding carboxylic acids is 2. The molecule has 2 aromatic carbocycles. The van der Waals surface area contributed by atoms with Crippen LogP contribution in [0.5, 0.6) is 0 Å². The van der Waals surface area contributed by atoms with E-state index < -0.39 is 18.5 Å². The van der Waals surface area contributed by atoms with Gasteiger partial charge in [0.2, 0.25) is 0 Å². The lowest BCUT2D eigenvalue weighted by Gasteiger charge is -2.11. The van der Waals surface area contributed by atoms with Gasteiger partial charge in [0.05, 0.1) is 26.8 Å². The second-order valence-electron chi connectivity index (χ2n) is 5.24. The largest absolute Gasteiger partial charge is 0.452 e. The van der Waals surface area contributed by atoms with E-state index in [-0.39, 0.29) is 15.7 Å². The first-order chi connectivity index (χ1) is 12.5. The number of benzene rings is 2. The first-order valence-corrected chi connectivity index (χ1v) is 8.54. The molecule has 0 saturated carbocycles. The summed E-state index contributed by atoms with van der Waals surface area (Å²) in [6.07, 6.45) is 1.63. The summed E-state index contributed by atoms with van der Waals surface area (Å²) in [6, 6.07) is 11.4. The fourth-order valence-electron chi connectivity index (χ4n) is 2.33. The number of halogens is 3. The highest BCUT2D eigenvalue weighted by Crippen LogP contribution is 2.33. The summed E-state index contributed by atoms with van der Waals surface area (Å²) in [6.45, 7) is -0.495. The Labute approximate surface area is 163 Å². The van der Waals surface area contributed by atoms with E-state index >= 15 is 0 Å². The summed E-state index contributed by atoms with van der Waals surface area (Å²) >= 11 is 17.8. The number of esters is 1. The number of nitrogens with zero attached hydrogens (tertiary/aromatic N) is 1. The molecule has 0 aliphatic carbocycles. The van der Waals surface area contributed by atoms with Crippen molar-refractivity contribution in [3.05, 3.63) is 69.3 Å². The van der Waals surface area contributed by atoms with Crippen LogP contribution in [-0.4, -0.2) is 23.5 Å². The molecule has 3 rings (SSSR count). The number of rotatable bonds is 4. The van der Waals surface area contributed by atoms with Gasteiger partial charge in [0.25, 0.3) is 5.91 Å². The maximum atomic E-state index is 12.3. The first-order valence-electron chi connectivity index (χ1n) is 7.41. The Balaban J connectivity index is 1.69. The van der Waals surface area contributed by atoms with E-state index in [1.807, 2.05) is 0 Å². The monoisotopic (exact) mass is 408 g/mol. The van der Waals surface area contributed by atoms with Crippen molar-refractivity contribution in [3.63, 3.8) is 0 Å². The van der Waals surface area contributed by atoms with Gasteiger partial charge in [-0.2, -0.15) is 0 Å². The van der Waals surface area contributed by atoms with Gasteiger partial charge in [-0.25, -0.2) is 4.79 Å². The lowest BCUT2D eigenvalue weighted by Crippen LogP contribution is -2.21. The minimum Gasteiger partial charge on any atom is -0.452 e. The molecule has 0 aliphatic heterocycles. The fraction of sp³-hybridized carbons (Fsp3) is 0.0556. The van der Waals surface area contributed by atoms with Crippen molar-refractivity contribution in [3.8, 4) is 0 Å². The SMILES string of the molecule is O=C(COC(=O)c1cccc2ncccc12)Nc1c(Cl)cc(Cl)cc1Cl. The topological polar surface area (TPSA) is 68.3 Å². The quantitative estimate of drug-likeness (QED) is 0.616. The molecule has 0 unspecified atom stereocenters. The third-order valence-corrected chi connectivity index (χ3v) is 4.29. The number of fused-ring (bicyclic) bond motifs is 1. The molecule has 3 aromatic rings. The second kappa shape index (κ2) is 7.91. The highest BCUT2D eigenvalue weighted by molar-refractivity contribution is 6.42. The van der Waals surface area contributed by atoms with Gasteiger partial charge < -0.3 is 10.1 Å². The zero-order chi connectivity index (χ0) is 18.7. The molecule has 1 aromatic heterocycles. The third-order valence-electron chi connectivity index (χ3n) is 3.47. The van der Waals surface area contributed by atoms with Gasteiger partial charge in [0, 0.05) is 16.6 Å². The van der Waals surface area contributed by atoms with Crippen LogP contribution in [-0.2, 0) is 9.53 Å². The van der Waals surface area contributed by atoms with Crippen molar-refractivity contribution in [1.29, 1.82) is 0 Å². The molecule has 0 radical (unpaired) electrons. The molecule has 1 heterocycles. The van der Waals surface area contributed by atoms with Crippen LogP contribution in [0.3, 0.4) is 0 Å². The number of aromatic nitrogens is 1. The minimum absolute atomic E-state index is 0.183. The fourth-order valence-corrected chi connectivity index (χ4v) is 3.24. The lowest BCUT2D eigenvalue weighted by molar-refractivity contribution is -0.119. The standard InChI is InChI=1S/C18H11Cl3N2O3/c19-10-7-13(20)17(14(21)8-10)23-16(24)9-26-18(25)12-3-1-5-15-11(12)4-2-6-22-15/h1-8H,9H2,(H,23,24). The van der Waals surface area contributed by atoms with Crippen molar-refractivity contribution in [2.75, 3.05) is 11.9 Å². The van der Waals surface area contributed by atoms with Crippen LogP contribution in [0.4, 0.5) is 5.69 Å². The Morgan fingerprint density at radius 1 is 1.04 bits per heavy atom. The van der Waals surface area contributed by atoms with Crippen LogP contribution in [0.25, 0.3) is 10.9 Å². The first kappa shape index (κ1) is 18.5. The predicted octanol–water partition coefficient (Wildman–Crippen LogP) is 4.99. The van der Waals surface area contributed by atoms with Crippen LogP contribution in [0.1, 0.15) is 10.4 Å².